The van der Waals surface area contributed by atoms with E-state index in [1.807, 2.05) is 24.3 Å². The summed E-state index contributed by atoms with van der Waals surface area (Å²) in [4.78, 5) is 18.1. The number of aromatic hydroxyl groups is 1. The number of carbonyl (C=O) groups is 1. The topological polar surface area (TPSA) is 89.3 Å². The molecular weight excluding hydrogens is 472 g/mol. The number of benzene rings is 2. The Balaban J connectivity index is 1.56. The zero-order valence-corrected chi connectivity index (χ0v) is 20.7. The molecule has 0 amide bonds. The van der Waals surface area contributed by atoms with Gasteiger partial charge in [-0.05, 0) is 41.2 Å². The van der Waals surface area contributed by atoms with Crippen molar-refractivity contribution in [1.29, 1.82) is 0 Å². The van der Waals surface area contributed by atoms with Crippen LogP contribution in [0.2, 0.25) is 5.02 Å². The van der Waals surface area contributed by atoms with Gasteiger partial charge in [0.1, 0.15) is 6.04 Å². The van der Waals surface area contributed by atoms with Crippen LogP contribution < -0.4 is 10.1 Å². The molecule has 0 radical (unpaired) electrons. The Morgan fingerprint density at radius 3 is 2.82 bits per heavy atom. The SMILES string of the molecule is COc1cc(C2C3=C(CC(C)(C)CC3=O)Nc3nc(SCc4ccccc4Cl)nn32)ccc1O. The molecule has 0 saturated heterocycles. The van der Waals surface area contributed by atoms with Gasteiger partial charge in [-0.3, -0.25) is 4.79 Å². The number of hydrogen-bond acceptors (Lipinski definition) is 7. The molecule has 0 bridgehead atoms. The first kappa shape index (κ1) is 22.8. The fraction of sp³-hybridized carbons (Fsp3) is 0.320. The van der Waals surface area contributed by atoms with E-state index in [-0.39, 0.29) is 16.9 Å². The summed E-state index contributed by atoms with van der Waals surface area (Å²) in [5.74, 6) is 1.68. The quantitative estimate of drug-likeness (QED) is 0.444. The van der Waals surface area contributed by atoms with Crippen LogP contribution in [0.4, 0.5) is 5.95 Å². The van der Waals surface area contributed by atoms with Crippen molar-refractivity contribution in [2.45, 2.75) is 43.6 Å². The second kappa shape index (κ2) is 8.67. The molecule has 1 atom stereocenters. The highest BCUT2D eigenvalue weighted by Crippen LogP contribution is 2.46. The Labute approximate surface area is 207 Å². The van der Waals surface area contributed by atoms with Crippen molar-refractivity contribution < 1.29 is 14.6 Å². The molecule has 2 aromatic carbocycles. The van der Waals surface area contributed by atoms with Crippen LogP contribution in [0.3, 0.4) is 0 Å². The fourth-order valence-electron chi connectivity index (χ4n) is 4.58. The standard InChI is InChI=1S/C25H25ClN4O3S/c1-25(2)11-17-21(19(32)12-25)22(14-8-9-18(31)20(10-14)33-3)30-23(27-17)28-24(29-30)34-13-15-6-4-5-7-16(15)26/h4-10,22,31H,11-13H2,1-3H3,(H,27,28,29). The molecule has 2 heterocycles. The molecule has 7 nitrogen and oxygen atoms in total. The molecule has 1 unspecified atom stereocenters. The van der Waals surface area contributed by atoms with Gasteiger partial charge in [-0.1, -0.05) is 61.5 Å². The van der Waals surface area contributed by atoms with Crippen LogP contribution in [0, 0.1) is 5.41 Å². The van der Waals surface area contributed by atoms with Crippen LogP contribution in [0.25, 0.3) is 0 Å². The second-order valence-electron chi connectivity index (χ2n) is 9.33. The lowest BCUT2D eigenvalue weighted by atomic mass is 9.73. The number of phenols is 1. The first-order valence-corrected chi connectivity index (χ1v) is 12.3. The monoisotopic (exact) mass is 496 g/mol. The number of phenolic OH excluding ortho intramolecular Hbond substituents is 1. The lowest BCUT2D eigenvalue weighted by Crippen LogP contribution is -2.36. The highest BCUT2D eigenvalue weighted by Gasteiger charge is 2.42. The van der Waals surface area contributed by atoms with E-state index in [1.165, 1.54) is 18.9 Å². The molecule has 2 N–H and O–H groups in total. The average molecular weight is 497 g/mol. The second-order valence-corrected chi connectivity index (χ2v) is 10.7. The number of nitrogens with zero attached hydrogens (tertiary/aromatic N) is 3. The van der Waals surface area contributed by atoms with Gasteiger partial charge < -0.3 is 15.2 Å². The van der Waals surface area contributed by atoms with Crippen molar-refractivity contribution in [3.8, 4) is 11.5 Å². The number of anilines is 1. The van der Waals surface area contributed by atoms with E-state index >= 15 is 0 Å². The smallest absolute Gasteiger partial charge is 0.227 e. The highest BCUT2D eigenvalue weighted by molar-refractivity contribution is 7.98. The van der Waals surface area contributed by atoms with Gasteiger partial charge in [0.2, 0.25) is 11.1 Å². The summed E-state index contributed by atoms with van der Waals surface area (Å²) in [5.41, 5.74) is 3.21. The maximum atomic E-state index is 13.4. The predicted octanol–water partition coefficient (Wildman–Crippen LogP) is 5.60. The molecule has 1 aromatic heterocycles. The number of hydrogen-bond donors (Lipinski definition) is 2. The van der Waals surface area contributed by atoms with Gasteiger partial charge >= 0.3 is 0 Å². The van der Waals surface area contributed by atoms with Crippen molar-refractivity contribution >= 4 is 35.1 Å². The number of carbonyl (C=O) groups excluding carboxylic acids is 1. The Hall–Kier alpha value is -2.97. The van der Waals surface area contributed by atoms with Gasteiger partial charge in [-0.2, -0.15) is 4.98 Å². The number of fused-ring (bicyclic) bond motifs is 1. The summed E-state index contributed by atoms with van der Waals surface area (Å²) in [6, 6.07) is 12.4. The molecule has 1 aliphatic carbocycles. The summed E-state index contributed by atoms with van der Waals surface area (Å²) in [6.07, 6.45) is 1.19. The van der Waals surface area contributed by atoms with Gasteiger partial charge in [0, 0.05) is 28.5 Å². The number of Topliss-reactive ketones (excluding diaryl/α,β-unsaturated/α-hetero) is 1. The van der Waals surface area contributed by atoms with E-state index in [1.54, 1.807) is 22.9 Å². The van der Waals surface area contributed by atoms with Crippen LogP contribution >= 0.6 is 23.4 Å². The normalized spacial score (nSPS) is 18.8. The van der Waals surface area contributed by atoms with E-state index in [4.69, 9.17) is 26.4 Å². The third kappa shape index (κ3) is 4.16. The zero-order chi connectivity index (χ0) is 24.0. The lowest BCUT2D eigenvalue weighted by Gasteiger charge is -2.38. The van der Waals surface area contributed by atoms with Crippen LogP contribution in [0.5, 0.6) is 11.5 Å². The summed E-state index contributed by atoms with van der Waals surface area (Å²) < 4.78 is 7.10. The van der Waals surface area contributed by atoms with E-state index in [9.17, 15) is 9.90 Å². The number of methoxy groups -OCH3 is 1. The van der Waals surface area contributed by atoms with Crippen molar-refractivity contribution in [3.05, 3.63) is 69.9 Å². The van der Waals surface area contributed by atoms with Gasteiger partial charge in [0.25, 0.3) is 0 Å². The van der Waals surface area contributed by atoms with Gasteiger partial charge in [-0.25, -0.2) is 4.68 Å². The Kier molecular flexibility index (Phi) is 5.81. The lowest BCUT2D eigenvalue weighted by molar-refractivity contribution is -0.118. The van der Waals surface area contributed by atoms with Crippen molar-refractivity contribution in [3.63, 3.8) is 0 Å². The molecule has 3 aromatic rings. The number of ketones is 1. The summed E-state index contributed by atoms with van der Waals surface area (Å²) in [5, 5.41) is 19.6. The minimum atomic E-state index is -0.466. The van der Waals surface area contributed by atoms with Crippen molar-refractivity contribution in [1.82, 2.24) is 14.8 Å². The molecule has 5 rings (SSSR count). The molecule has 0 saturated carbocycles. The van der Waals surface area contributed by atoms with Crippen molar-refractivity contribution in [2.75, 3.05) is 12.4 Å². The summed E-state index contributed by atoms with van der Waals surface area (Å²) in [6.45, 7) is 4.19. The van der Waals surface area contributed by atoms with Crippen LogP contribution in [-0.4, -0.2) is 32.8 Å². The number of allylic oxidation sites excluding steroid dienone is 2. The highest BCUT2D eigenvalue weighted by atomic mass is 35.5. The Bertz CT molecular complexity index is 1320. The number of nitrogens with one attached hydrogen (secondary N) is 1. The fourth-order valence-corrected chi connectivity index (χ4v) is 5.70. The van der Waals surface area contributed by atoms with E-state index < -0.39 is 6.04 Å². The van der Waals surface area contributed by atoms with Gasteiger partial charge in [0.15, 0.2) is 17.3 Å². The van der Waals surface area contributed by atoms with Crippen LogP contribution in [0.15, 0.2) is 58.9 Å². The first-order valence-electron chi connectivity index (χ1n) is 11.0. The summed E-state index contributed by atoms with van der Waals surface area (Å²) >= 11 is 7.80. The molecule has 34 heavy (non-hydrogen) atoms. The molecule has 0 spiro atoms. The Morgan fingerprint density at radius 2 is 2.06 bits per heavy atom. The molecule has 1 aliphatic heterocycles. The average Bonchev–Trinajstić information content (AvgIpc) is 3.19. The minimum Gasteiger partial charge on any atom is -0.504 e. The number of thioether (sulfide) groups is 1. The number of aromatic nitrogens is 3. The number of halogens is 1. The third-order valence-electron chi connectivity index (χ3n) is 6.15. The van der Waals surface area contributed by atoms with Crippen molar-refractivity contribution in [2.24, 2.45) is 5.41 Å². The number of rotatable bonds is 5. The van der Waals surface area contributed by atoms with Gasteiger partial charge in [-0.15, -0.1) is 5.10 Å². The third-order valence-corrected chi connectivity index (χ3v) is 7.40. The maximum absolute atomic E-state index is 13.4. The van der Waals surface area contributed by atoms with E-state index in [0.29, 0.717) is 39.6 Å². The molecule has 9 heteroatoms. The Morgan fingerprint density at radius 1 is 1.26 bits per heavy atom. The molecular formula is C25H25ClN4O3S. The van der Waals surface area contributed by atoms with Crippen LogP contribution in [0.1, 0.15) is 43.9 Å². The largest absolute Gasteiger partial charge is 0.504 e. The van der Waals surface area contributed by atoms with Gasteiger partial charge in [0.05, 0.1) is 7.11 Å². The molecule has 2 aliphatic rings. The van der Waals surface area contributed by atoms with Crippen LogP contribution in [-0.2, 0) is 10.5 Å². The minimum absolute atomic E-state index is 0.0419. The van der Waals surface area contributed by atoms with E-state index in [2.05, 4.69) is 19.2 Å². The number of ether oxygens (including phenoxy) is 1. The first-order chi connectivity index (χ1) is 16.3. The molecule has 176 valence electrons. The molecule has 0 fully saturated rings. The summed E-state index contributed by atoms with van der Waals surface area (Å²) in [7, 11) is 1.50. The zero-order valence-electron chi connectivity index (χ0n) is 19.1. The maximum Gasteiger partial charge on any atom is 0.227 e. The predicted molar refractivity (Wildman–Crippen MR) is 133 cm³/mol. The van der Waals surface area contributed by atoms with E-state index in [0.717, 1.165) is 23.2 Å².